The Kier molecular flexibility index (Phi) is 6.82. The van der Waals surface area contributed by atoms with Gasteiger partial charge in [-0.25, -0.2) is 0 Å². The van der Waals surface area contributed by atoms with Crippen LogP contribution in [0.4, 0.5) is 13.2 Å². The number of hydrogen-bond acceptors (Lipinski definition) is 3. The van der Waals surface area contributed by atoms with E-state index in [0.717, 1.165) is 0 Å². The highest BCUT2D eigenvalue weighted by Gasteiger charge is 2.45. The zero-order valence-electron chi connectivity index (χ0n) is 11.2. The maximum Gasteiger partial charge on any atom is 0.403 e. The van der Waals surface area contributed by atoms with Crippen molar-refractivity contribution in [1.29, 1.82) is 0 Å². The molecule has 0 aromatic carbocycles. The lowest BCUT2D eigenvalue weighted by Gasteiger charge is -2.26. The Morgan fingerprint density at radius 3 is 2.11 bits per heavy atom. The topological polar surface area (TPSA) is 60.9 Å². The molecule has 1 atom stereocenters. The van der Waals surface area contributed by atoms with Crippen molar-refractivity contribution in [3.05, 3.63) is 0 Å². The van der Waals surface area contributed by atoms with Gasteiger partial charge in [-0.3, -0.25) is 14.5 Å². The minimum absolute atomic E-state index is 0.222. The number of likely N-dealkylation sites (N-methyl/N-ethyl adjacent to an activating group) is 1. The lowest BCUT2D eigenvalue weighted by Crippen LogP contribution is -2.45. The number of alkyl halides is 3. The van der Waals surface area contributed by atoms with Gasteiger partial charge in [-0.1, -0.05) is 6.92 Å². The zero-order valence-corrected chi connectivity index (χ0v) is 11.2. The van der Waals surface area contributed by atoms with Crippen LogP contribution in [0.1, 0.15) is 13.3 Å². The van der Waals surface area contributed by atoms with Crippen molar-refractivity contribution in [2.45, 2.75) is 19.5 Å². The molecule has 19 heavy (non-hydrogen) atoms. The van der Waals surface area contributed by atoms with Gasteiger partial charge in [0.25, 0.3) is 0 Å². The van der Waals surface area contributed by atoms with Crippen molar-refractivity contribution in [3.8, 4) is 0 Å². The number of carbonyl (C=O) groups excluding carboxylic acids is 1. The maximum atomic E-state index is 12.6. The van der Waals surface area contributed by atoms with E-state index < -0.39 is 24.6 Å². The molecule has 0 fully saturated rings. The van der Waals surface area contributed by atoms with E-state index in [4.69, 9.17) is 5.11 Å². The molecule has 0 bridgehead atoms. The van der Waals surface area contributed by atoms with Crippen LogP contribution in [0, 0.1) is 5.92 Å². The number of carboxylic acids is 1. The molecule has 0 aliphatic heterocycles. The zero-order chi connectivity index (χ0) is 15.2. The fourth-order valence-corrected chi connectivity index (χ4v) is 1.46. The van der Waals surface area contributed by atoms with E-state index in [9.17, 15) is 22.8 Å². The first kappa shape index (κ1) is 17.7. The Hall–Kier alpha value is -1.31. The second kappa shape index (κ2) is 7.32. The van der Waals surface area contributed by atoms with Crippen LogP contribution < -0.4 is 0 Å². The van der Waals surface area contributed by atoms with Crippen LogP contribution in [0.2, 0.25) is 0 Å². The summed E-state index contributed by atoms with van der Waals surface area (Å²) >= 11 is 0. The number of amides is 1. The van der Waals surface area contributed by atoms with Gasteiger partial charge in [-0.15, -0.1) is 0 Å². The Morgan fingerprint density at radius 1 is 1.26 bits per heavy atom. The number of carbonyl (C=O) groups is 2. The second-order valence-electron chi connectivity index (χ2n) is 4.46. The third-order valence-corrected chi connectivity index (χ3v) is 2.53. The average Bonchev–Trinajstić information content (AvgIpc) is 2.23. The minimum Gasteiger partial charge on any atom is -0.481 e. The summed E-state index contributed by atoms with van der Waals surface area (Å²) in [6.45, 7) is 1.04. The molecule has 0 aliphatic carbocycles. The van der Waals surface area contributed by atoms with E-state index in [1.165, 1.54) is 23.9 Å². The van der Waals surface area contributed by atoms with Gasteiger partial charge in [0.2, 0.25) is 5.91 Å². The van der Waals surface area contributed by atoms with E-state index in [1.807, 2.05) is 0 Å². The van der Waals surface area contributed by atoms with Crippen LogP contribution in [0.25, 0.3) is 0 Å². The van der Waals surface area contributed by atoms with Crippen LogP contribution in [0.3, 0.4) is 0 Å². The van der Waals surface area contributed by atoms with Crippen molar-refractivity contribution in [1.82, 2.24) is 9.80 Å². The number of halogens is 3. The summed E-state index contributed by atoms with van der Waals surface area (Å²) in [7, 11) is 2.98. The summed E-state index contributed by atoms with van der Waals surface area (Å²) < 4.78 is 37.7. The minimum atomic E-state index is -4.82. The third kappa shape index (κ3) is 6.42. The Bertz CT molecular complexity index is 319. The molecule has 1 amide bonds. The van der Waals surface area contributed by atoms with Crippen molar-refractivity contribution in [2.75, 3.05) is 33.7 Å². The van der Waals surface area contributed by atoms with Gasteiger partial charge in [0.05, 0.1) is 6.54 Å². The summed E-state index contributed by atoms with van der Waals surface area (Å²) in [6, 6.07) is 0. The molecule has 1 unspecified atom stereocenters. The molecule has 0 aromatic rings. The molecule has 112 valence electrons. The molecule has 0 heterocycles. The first-order valence-corrected chi connectivity index (χ1v) is 5.81. The van der Waals surface area contributed by atoms with Gasteiger partial charge in [-0.2, -0.15) is 13.2 Å². The fourth-order valence-electron chi connectivity index (χ4n) is 1.46. The van der Waals surface area contributed by atoms with E-state index in [0.29, 0.717) is 6.42 Å². The van der Waals surface area contributed by atoms with Crippen molar-refractivity contribution < 1.29 is 27.9 Å². The lowest BCUT2D eigenvalue weighted by atomic mass is 10.1. The highest BCUT2D eigenvalue weighted by atomic mass is 19.4. The van der Waals surface area contributed by atoms with E-state index >= 15 is 0 Å². The molecule has 0 spiro atoms. The van der Waals surface area contributed by atoms with Crippen molar-refractivity contribution in [3.63, 3.8) is 0 Å². The lowest BCUT2D eigenvalue weighted by molar-refractivity contribution is -0.196. The quantitative estimate of drug-likeness (QED) is 0.759. The normalized spacial score (nSPS) is 13.4. The molecule has 8 heteroatoms. The standard InChI is InChI=1S/C11H19F3N2O3/c1-4-5-16(7-9(17)15(2)3)6-8(10(18)19)11(12,13)14/h8H,4-7H2,1-3H3,(H,18,19). The SMILES string of the molecule is CCCN(CC(=O)N(C)C)CC(C(=O)O)C(F)(F)F. The van der Waals surface area contributed by atoms with Crippen LogP contribution >= 0.6 is 0 Å². The number of rotatable bonds is 7. The highest BCUT2D eigenvalue weighted by molar-refractivity contribution is 5.77. The smallest absolute Gasteiger partial charge is 0.403 e. The molecular formula is C11H19F3N2O3. The van der Waals surface area contributed by atoms with Crippen LogP contribution in [-0.4, -0.2) is 66.7 Å². The van der Waals surface area contributed by atoms with Gasteiger partial charge >= 0.3 is 12.1 Å². The van der Waals surface area contributed by atoms with E-state index in [-0.39, 0.29) is 19.0 Å². The summed E-state index contributed by atoms with van der Waals surface area (Å²) in [4.78, 5) is 24.6. The first-order chi connectivity index (χ1) is 8.59. The molecule has 0 radical (unpaired) electrons. The maximum absolute atomic E-state index is 12.6. The van der Waals surface area contributed by atoms with Gasteiger partial charge < -0.3 is 10.0 Å². The van der Waals surface area contributed by atoms with Crippen LogP contribution in [0.15, 0.2) is 0 Å². The Balaban J connectivity index is 4.80. The molecule has 1 N–H and O–H groups in total. The van der Waals surface area contributed by atoms with Gasteiger partial charge in [0.1, 0.15) is 0 Å². The molecule has 0 aliphatic rings. The monoisotopic (exact) mass is 284 g/mol. The number of carboxylic acid groups (broad SMARTS) is 1. The highest BCUT2D eigenvalue weighted by Crippen LogP contribution is 2.27. The summed E-state index contributed by atoms with van der Waals surface area (Å²) in [5.41, 5.74) is 0. The van der Waals surface area contributed by atoms with Gasteiger partial charge in [-0.05, 0) is 13.0 Å². The fraction of sp³-hybridized carbons (Fsp3) is 0.818. The summed E-state index contributed by atoms with van der Waals surface area (Å²) in [5.74, 6) is -4.76. The molecule has 0 aromatic heterocycles. The summed E-state index contributed by atoms with van der Waals surface area (Å²) in [6.07, 6.45) is -4.29. The molecular weight excluding hydrogens is 265 g/mol. The number of hydrogen-bond donors (Lipinski definition) is 1. The van der Waals surface area contributed by atoms with Crippen molar-refractivity contribution in [2.24, 2.45) is 5.92 Å². The second-order valence-corrected chi connectivity index (χ2v) is 4.46. The Morgan fingerprint density at radius 2 is 1.79 bits per heavy atom. The van der Waals surface area contributed by atoms with Crippen molar-refractivity contribution >= 4 is 11.9 Å². The predicted molar refractivity (Wildman–Crippen MR) is 62.6 cm³/mol. The molecule has 0 saturated heterocycles. The van der Waals surface area contributed by atoms with Crippen LogP contribution in [-0.2, 0) is 9.59 Å². The van der Waals surface area contributed by atoms with E-state index in [2.05, 4.69) is 0 Å². The number of nitrogens with zero attached hydrogens (tertiary/aromatic N) is 2. The number of aliphatic carboxylic acids is 1. The van der Waals surface area contributed by atoms with Crippen LogP contribution in [0.5, 0.6) is 0 Å². The molecule has 5 nitrogen and oxygen atoms in total. The average molecular weight is 284 g/mol. The predicted octanol–water partition coefficient (Wildman–Crippen LogP) is 1.05. The molecule has 0 saturated carbocycles. The molecule has 0 rings (SSSR count). The summed E-state index contributed by atoms with van der Waals surface area (Å²) in [5, 5.41) is 8.63. The van der Waals surface area contributed by atoms with Gasteiger partial charge in [0, 0.05) is 20.6 Å². The van der Waals surface area contributed by atoms with E-state index in [1.54, 1.807) is 6.92 Å². The van der Waals surface area contributed by atoms with Gasteiger partial charge in [0.15, 0.2) is 5.92 Å². The third-order valence-electron chi connectivity index (χ3n) is 2.53. The largest absolute Gasteiger partial charge is 0.481 e. The first-order valence-electron chi connectivity index (χ1n) is 5.81. The Labute approximate surface area is 110 Å².